The zero-order valence-corrected chi connectivity index (χ0v) is 15.2. The third kappa shape index (κ3) is 3.65. The van der Waals surface area contributed by atoms with Crippen molar-refractivity contribution >= 4 is 12.0 Å². The number of aliphatic hydroxyl groups is 1. The molecule has 0 aromatic carbocycles. The monoisotopic (exact) mass is 361 g/mol. The van der Waals surface area contributed by atoms with Gasteiger partial charge in [0.1, 0.15) is 18.3 Å². The third-order valence-corrected chi connectivity index (χ3v) is 4.76. The van der Waals surface area contributed by atoms with Crippen molar-refractivity contribution in [3.8, 4) is 0 Å². The van der Waals surface area contributed by atoms with Crippen LogP contribution >= 0.6 is 0 Å². The molecule has 7 atom stereocenters. The minimum absolute atomic E-state index is 0.258. The smallest absolute Gasteiger partial charge is 0.419 e. The summed E-state index contributed by atoms with van der Waals surface area (Å²) in [7, 11) is 4.53. The molecule has 2 heterocycles. The molecule has 0 aliphatic carbocycles. The maximum atomic E-state index is 12.7. The van der Waals surface area contributed by atoms with Crippen LogP contribution in [0.4, 0.5) is 4.79 Å². The predicted molar refractivity (Wildman–Crippen MR) is 84.7 cm³/mol. The quantitative estimate of drug-likeness (QED) is 0.651. The first-order valence-corrected chi connectivity index (χ1v) is 8.32. The zero-order valence-electron chi connectivity index (χ0n) is 15.2. The summed E-state index contributed by atoms with van der Waals surface area (Å²) in [5, 5.41) is 9.81. The molecule has 0 unspecified atom stereocenters. The molecular formula is C16H27NO8. The molecule has 0 aromatic heterocycles. The van der Waals surface area contributed by atoms with E-state index in [1.54, 1.807) is 6.92 Å². The van der Waals surface area contributed by atoms with Gasteiger partial charge in [-0.25, -0.2) is 9.69 Å². The molecule has 2 amide bonds. The number of imide groups is 1. The highest BCUT2D eigenvalue weighted by molar-refractivity contribution is 5.95. The van der Waals surface area contributed by atoms with Gasteiger partial charge in [0.25, 0.3) is 0 Å². The molecule has 0 bridgehead atoms. The van der Waals surface area contributed by atoms with Crippen LogP contribution in [-0.2, 0) is 28.5 Å². The van der Waals surface area contributed by atoms with Crippen LogP contribution in [0.15, 0.2) is 0 Å². The molecule has 2 saturated heterocycles. The van der Waals surface area contributed by atoms with Gasteiger partial charge >= 0.3 is 6.09 Å². The standard InChI is InChI=1S/C16H27NO8/c1-6-9(8(2)18)14(19)17-15-13(25-16(17)20)12(23-5)11(24-15)10(22-4)7-21-3/h8-13,15,18H,6-7H2,1-5H3/t8-,9+,10-,11-,12+,13-,15+/m1/s1. The van der Waals surface area contributed by atoms with Crippen molar-refractivity contribution in [3.05, 3.63) is 0 Å². The molecule has 0 radical (unpaired) electrons. The fourth-order valence-electron chi connectivity index (χ4n) is 3.42. The second-order valence-corrected chi connectivity index (χ2v) is 6.23. The molecule has 144 valence electrons. The highest BCUT2D eigenvalue weighted by atomic mass is 16.7. The summed E-state index contributed by atoms with van der Waals surface area (Å²) in [6.07, 6.45) is -4.59. The summed E-state index contributed by atoms with van der Waals surface area (Å²) in [5.41, 5.74) is 0. The van der Waals surface area contributed by atoms with Gasteiger partial charge in [0.05, 0.1) is 18.6 Å². The predicted octanol–water partition coefficient (Wildman–Crippen LogP) is 0.142. The Morgan fingerprint density at radius 1 is 1.36 bits per heavy atom. The van der Waals surface area contributed by atoms with Crippen molar-refractivity contribution < 1.29 is 38.4 Å². The van der Waals surface area contributed by atoms with Crippen LogP contribution in [-0.4, -0.2) is 86.7 Å². The lowest BCUT2D eigenvalue weighted by Crippen LogP contribution is -2.47. The first kappa shape index (κ1) is 20.1. The van der Waals surface area contributed by atoms with Crippen LogP contribution in [0, 0.1) is 5.92 Å². The van der Waals surface area contributed by atoms with Crippen molar-refractivity contribution in [2.75, 3.05) is 27.9 Å². The van der Waals surface area contributed by atoms with E-state index < -0.39 is 54.7 Å². The van der Waals surface area contributed by atoms with Crippen LogP contribution in [0.25, 0.3) is 0 Å². The largest absolute Gasteiger partial charge is 0.438 e. The summed E-state index contributed by atoms with van der Waals surface area (Å²) in [6.45, 7) is 3.54. The van der Waals surface area contributed by atoms with Crippen molar-refractivity contribution in [2.45, 2.75) is 57.0 Å². The molecule has 0 saturated carbocycles. The van der Waals surface area contributed by atoms with Gasteiger partial charge in [0, 0.05) is 21.3 Å². The highest BCUT2D eigenvalue weighted by Gasteiger charge is 2.60. The molecule has 2 aliphatic heterocycles. The van der Waals surface area contributed by atoms with E-state index in [0.717, 1.165) is 4.90 Å². The van der Waals surface area contributed by atoms with Crippen molar-refractivity contribution in [3.63, 3.8) is 0 Å². The SMILES string of the molecule is CC[C@H](C(=O)N1C(=O)O[C@@H]2[C@@H](OC)[C@@H]([C@@H](COC)OC)O[C@@H]21)[C@@H](C)O. The minimum Gasteiger partial charge on any atom is -0.438 e. The molecule has 2 aliphatic rings. The number of hydrogen-bond donors (Lipinski definition) is 1. The highest BCUT2D eigenvalue weighted by Crippen LogP contribution is 2.37. The van der Waals surface area contributed by atoms with Crippen molar-refractivity contribution in [2.24, 2.45) is 5.92 Å². The maximum Gasteiger partial charge on any atom is 0.419 e. The van der Waals surface area contributed by atoms with Gasteiger partial charge in [-0.3, -0.25) is 4.79 Å². The normalized spacial score (nSPS) is 32.2. The number of rotatable bonds is 8. The molecule has 9 heteroatoms. The molecule has 25 heavy (non-hydrogen) atoms. The molecule has 2 rings (SSSR count). The second kappa shape index (κ2) is 8.41. The summed E-state index contributed by atoms with van der Waals surface area (Å²) in [4.78, 5) is 25.9. The van der Waals surface area contributed by atoms with E-state index in [-0.39, 0.29) is 6.61 Å². The zero-order chi connectivity index (χ0) is 18.7. The van der Waals surface area contributed by atoms with Crippen molar-refractivity contribution in [1.82, 2.24) is 4.90 Å². The number of aliphatic hydroxyl groups excluding tert-OH is 1. The van der Waals surface area contributed by atoms with E-state index in [9.17, 15) is 14.7 Å². The van der Waals surface area contributed by atoms with E-state index >= 15 is 0 Å². The van der Waals surface area contributed by atoms with Crippen LogP contribution in [0.1, 0.15) is 20.3 Å². The fourth-order valence-corrected chi connectivity index (χ4v) is 3.42. The molecule has 1 N–H and O–H groups in total. The van der Waals surface area contributed by atoms with Gasteiger partial charge in [-0.15, -0.1) is 0 Å². The topological polar surface area (TPSA) is 104 Å². The van der Waals surface area contributed by atoms with Gasteiger partial charge in [-0.05, 0) is 13.3 Å². The Balaban J connectivity index is 2.24. The summed E-state index contributed by atoms with van der Waals surface area (Å²) >= 11 is 0. The van der Waals surface area contributed by atoms with Gasteiger partial charge in [0.2, 0.25) is 5.91 Å². The van der Waals surface area contributed by atoms with Gasteiger partial charge in [-0.2, -0.15) is 0 Å². The Hall–Kier alpha value is -1.26. The third-order valence-electron chi connectivity index (χ3n) is 4.76. The first-order valence-electron chi connectivity index (χ1n) is 8.32. The van der Waals surface area contributed by atoms with Crippen molar-refractivity contribution in [1.29, 1.82) is 0 Å². The molecule has 0 aromatic rings. The lowest BCUT2D eigenvalue weighted by Gasteiger charge is -2.28. The number of hydrogen-bond acceptors (Lipinski definition) is 8. The number of carbonyl (C=O) groups excluding carboxylic acids is 2. The minimum atomic E-state index is -0.919. The fraction of sp³-hybridized carbons (Fsp3) is 0.875. The Kier molecular flexibility index (Phi) is 6.75. The van der Waals surface area contributed by atoms with E-state index in [0.29, 0.717) is 6.42 Å². The Labute approximate surface area is 147 Å². The maximum absolute atomic E-state index is 12.7. The molecule has 2 fully saturated rings. The Bertz CT molecular complexity index is 485. The van der Waals surface area contributed by atoms with E-state index in [4.69, 9.17) is 23.7 Å². The second-order valence-electron chi connectivity index (χ2n) is 6.23. The Morgan fingerprint density at radius 2 is 2.04 bits per heavy atom. The number of ether oxygens (including phenoxy) is 5. The van der Waals surface area contributed by atoms with E-state index in [2.05, 4.69) is 0 Å². The average Bonchev–Trinajstić information content (AvgIpc) is 3.06. The van der Waals surface area contributed by atoms with Crippen LogP contribution in [0.5, 0.6) is 0 Å². The summed E-state index contributed by atoms with van der Waals surface area (Å²) in [6, 6.07) is 0. The van der Waals surface area contributed by atoms with Gasteiger partial charge in [-0.1, -0.05) is 6.92 Å². The van der Waals surface area contributed by atoms with E-state index in [1.807, 2.05) is 0 Å². The molecular weight excluding hydrogens is 334 g/mol. The lowest BCUT2D eigenvalue weighted by atomic mass is 9.98. The summed E-state index contributed by atoms with van der Waals surface area (Å²) in [5.74, 6) is -1.24. The first-order chi connectivity index (χ1) is 11.9. The van der Waals surface area contributed by atoms with Gasteiger partial charge < -0.3 is 28.8 Å². The number of fused-ring (bicyclic) bond motifs is 1. The van der Waals surface area contributed by atoms with Crippen LogP contribution in [0.3, 0.4) is 0 Å². The van der Waals surface area contributed by atoms with Crippen LogP contribution < -0.4 is 0 Å². The molecule has 9 nitrogen and oxygen atoms in total. The number of methoxy groups -OCH3 is 3. The Morgan fingerprint density at radius 3 is 2.52 bits per heavy atom. The van der Waals surface area contributed by atoms with Gasteiger partial charge in [0.15, 0.2) is 12.3 Å². The molecule has 0 spiro atoms. The summed E-state index contributed by atoms with van der Waals surface area (Å²) < 4.78 is 27.2. The number of amides is 2. The lowest BCUT2D eigenvalue weighted by molar-refractivity contribution is -0.153. The number of nitrogens with zero attached hydrogens (tertiary/aromatic N) is 1. The van der Waals surface area contributed by atoms with Crippen LogP contribution in [0.2, 0.25) is 0 Å². The average molecular weight is 361 g/mol. The number of carbonyl (C=O) groups is 2. The van der Waals surface area contributed by atoms with E-state index in [1.165, 1.54) is 28.3 Å².